The van der Waals surface area contributed by atoms with Crippen LogP contribution in [0.3, 0.4) is 0 Å². The van der Waals surface area contributed by atoms with Gasteiger partial charge in [-0.25, -0.2) is 4.39 Å². The van der Waals surface area contributed by atoms with Crippen LogP contribution in [0, 0.1) is 5.82 Å². The Morgan fingerprint density at radius 2 is 2.07 bits per heavy atom. The number of halogens is 1. The van der Waals surface area contributed by atoms with Crippen LogP contribution in [0.15, 0.2) is 36.0 Å². The molecular weight excluding hydrogens is 211 g/mol. The molecule has 0 radical (unpaired) electrons. The van der Waals surface area contributed by atoms with Crippen molar-refractivity contribution in [2.24, 2.45) is 0 Å². The Morgan fingerprint density at radius 1 is 1.33 bits per heavy atom. The number of aromatic nitrogens is 1. The molecule has 1 atom stereocenters. The highest BCUT2D eigenvalue weighted by atomic mass is 32.1. The van der Waals surface area contributed by atoms with Crippen molar-refractivity contribution in [2.75, 3.05) is 7.05 Å². The van der Waals surface area contributed by atoms with E-state index < -0.39 is 0 Å². The lowest BCUT2D eigenvalue weighted by Gasteiger charge is -2.14. The van der Waals surface area contributed by atoms with E-state index in [9.17, 15) is 4.39 Å². The highest BCUT2D eigenvalue weighted by Gasteiger charge is 2.12. The molecule has 0 bridgehead atoms. The number of benzene rings is 1. The lowest BCUT2D eigenvalue weighted by molar-refractivity contribution is 0.624. The number of rotatable bonds is 3. The number of nitrogens with zero attached hydrogens (tertiary/aromatic N) is 1. The van der Waals surface area contributed by atoms with Crippen LogP contribution in [-0.4, -0.2) is 12.0 Å². The predicted molar refractivity (Wildman–Crippen MR) is 59.4 cm³/mol. The Bertz CT molecular complexity index is 411. The molecule has 2 nitrogen and oxygen atoms in total. The average molecular weight is 222 g/mol. The minimum atomic E-state index is -0.210. The first-order valence-corrected chi connectivity index (χ1v) is 5.50. The van der Waals surface area contributed by atoms with E-state index in [0.29, 0.717) is 0 Å². The Kier molecular flexibility index (Phi) is 3.08. The number of thiazole rings is 1. The molecule has 0 saturated heterocycles. The van der Waals surface area contributed by atoms with Gasteiger partial charge in [0.2, 0.25) is 0 Å². The topological polar surface area (TPSA) is 24.9 Å². The second-order valence-electron chi connectivity index (χ2n) is 3.18. The van der Waals surface area contributed by atoms with Crippen LogP contribution in [0.4, 0.5) is 4.39 Å². The highest BCUT2D eigenvalue weighted by Crippen LogP contribution is 2.24. The molecule has 1 N–H and O–H groups in total. The molecule has 0 spiro atoms. The second-order valence-corrected chi connectivity index (χ2v) is 4.09. The zero-order chi connectivity index (χ0) is 10.7. The molecule has 2 aromatic rings. The van der Waals surface area contributed by atoms with Crippen LogP contribution < -0.4 is 5.32 Å². The number of hydrogen-bond donors (Lipinski definition) is 1. The van der Waals surface area contributed by atoms with Crippen LogP contribution in [-0.2, 0) is 0 Å². The van der Waals surface area contributed by atoms with Gasteiger partial charge in [0, 0.05) is 11.1 Å². The van der Waals surface area contributed by atoms with Gasteiger partial charge >= 0.3 is 0 Å². The first-order valence-electron chi connectivity index (χ1n) is 4.62. The van der Waals surface area contributed by atoms with Crippen molar-refractivity contribution in [3.63, 3.8) is 0 Å². The summed E-state index contributed by atoms with van der Waals surface area (Å²) in [5.41, 5.74) is 2.84. The number of nitrogens with one attached hydrogen (secondary N) is 1. The molecule has 0 aliphatic heterocycles. The Balaban J connectivity index is 2.31. The zero-order valence-electron chi connectivity index (χ0n) is 8.27. The van der Waals surface area contributed by atoms with Gasteiger partial charge in [-0.3, -0.25) is 4.98 Å². The van der Waals surface area contributed by atoms with E-state index in [1.54, 1.807) is 29.0 Å². The average Bonchev–Trinajstić information content (AvgIpc) is 2.75. The fourth-order valence-electron chi connectivity index (χ4n) is 1.50. The van der Waals surface area contributed by atoms with Crippen LogP contribution in [0.2, 0.25) is 0 Å². The quantitative estimate of drug-likeness (QED) is 0.863. The van der Waals surface area contributed by atoms with Crippen molar-refractivity contribution in [3.05, 3.63) is 52.2 Å². The summed E-state index contributed by atoms with van der Waals surface area (Å²) in [7, 11) is 1.88. The van der Waals surface area contributed by atoms with Crippen molar-refractivity contribution in [1.82, 2.24) is 10.3 Å². The molecule has 1 aromatic carbocycles. The van der Waals surface area contributed by atoms with Crippen molar-refractivity contribution >= 4 is 11.3 Å². The normalized spacial score (nSPS) is 12.7. The van der Waals surface area contributed by atoms with Crippen molar-refractivity contribution in [2.45, 2.75) is 6.04 Å². The van der Waals surface area contributed by atoms with Crippen LogP contribution in [0.25, 0.3) is 0 Å². The maximum absolute atomic E-state index is 12.8. The molecule has 0 aliphatic rings. The van der Waals surface area contributed by atoms with Crippen LogP contribution in [0.5, 0.6) is 0 Å². The summed E-state index contributed by atoms with van der Waals surface area (Å²) in [6.45, 7) is 0. The molecule has 78 valence electrons. The zero-order valence-corrected chi connectivity index (χ0v) is 9.09. The van der Waals surface area contributed by atoms with Crippen molar-refractivity contribution < 1.29 is 4.39 Å². The minimum Gasteiger partial charge on any atom is -0.309 e. The monoisotopic (exact) mass is 222 g/mol. The van der Waals surface area contributed by atoms with Gasteiger partial charge in [0.25, 0.3) is 0 Å². The largest absolute Gasteiger partial charge is 0.309 e. The highest BCUT2D eigenvalue weighted by molar-refractivity contribution is 7.09. The van der Waals surface area contributed by atoms with Crippen LogP contribution in [0.1, 0.15) is 16.5 Å². The van der Waals surface area contributed by atoms with E-state index in [1.807, 2.05) is 13.2 Å². The Hall–Kier alpha value is -1.26. The predicted octanol–water partition coefficient (Wildman–Crippen LogP) is 2.59. The summed E-state index contributed by atoms with van der Waals surface area (Å²) in [6.07, 6.45) is 1.83. The maximum Gasteiger partial charge on any atom is 0.123 e. The van der Waals surface area contributed by atoms with E-state index in [4.69, 9.17) is 0 Å². The molecule has 1 unspecified atom stereocenters. The summed E-state index contributed by atoms with van der Waals surface area (Å²) >= 11 is 1.59. The minimum absolute atomic E-state index is 0.0955. The maximum atomic E-state index is 12.8. The first kappa shape index (κ1) is 10.3. The fraction of sp³-hybridized carbons (Fsp3) is 0.182. The van der Waals surface area contributed by atoms with Gasteiger partial charge in [-0.1, -0.05) is 12.1 Å². The van der Waals surface area contributed by atoms with Gasteiger partial charge < -0.3 is 5.32 Å². The summed E-state index contributed by atoms with van der Waals surface area (Å²) in [5.74, 6) is -0.210. The van der Waals surface area contributed by atoms with Gasteiger partial charge in [-0.05, 0) is 24.7 Å². The first-order chi connectivity index (χ1) is 7.31. The van der Waals surface area contributed by atoms with E-state index in [1.165, 1.54) is 12.1 Å². The molecule has 1 aromatic heterocycles. The SMILES string of the molecule is CNC(c1ccc(F)cc1)c1cncs1. The van der Waals surface area contributed by atoms with Gasteiger partial charge in [0.15, 0.2) is 0 Å². The Labute approximate surface area is 91.8 Å². The molecule has 2 rings (SSSR count). The molecule has 0 aliphatic carbocycles. The van der Waals surface area contributed by atoms with Gasteiger partial charge in [-0.15, -0.1) is 11.3 Å². The van der Waals surface area contributed by atoms with Gasteiger partial charge in [-0.2, -0.15) is 0 Å². The van der Waals surface area contributed by atoms with Crippen molar-refractivity contribution in [1.29, 1.82) is 0 Å². The molecular formula is C11H11FN2S. The Morgan fingerprint density at radius 3 is 2.60 bits per heavy atom. The molecule has 0 saturated carbocycles. The summed E-state index contributed by atoms with van der Waals surface area (Å²) in [4.78, 5) is 5.17. The van der Waals surface area contributed by atoms with Crippen LogP contribution >= 0.6 is 11.3 Å². The van der Waals surface area contributed by atoms with Gasteiger partial charge in [0.1, 0.15) is 5.82 Å². The van der Waals surface area contributed by atoms with Crippen molar-refractivity contribution in [3.8, 4) is 0 Å². The molecule has 4 heteroatoms. The smallest absolute Gasteiger partial charge is 0.123 e. The third-order valence-corrected chi connectivity index (χ3v) is 3.07. The fourth-order valence-corrected chi connectivity index (χ4v) is 2.25. The van der Waals surface area contributed by atoms with E-state index >= 15 is 0 Å². The molecule has 1 heterocycles. The lowest BCUT2D eigenvalue weighted by atomic mass is 10.1. The third kappa shape index (κ3) is 2.22. The van der Waals surface area contributed by atoms with E-state index in [2.05, 4.69) is 10.3 Å². The summed E-state index contributed by atoms with van der Waals surface area (Å²) in [5, 5.41) is 3.19. The van der Waals surface area contributed by atoms with E-state index in [-0.39, 0.29) is 11.9 Å². The summed E-state index contributed by atoms with van der Waals surface area (Å²) < 4.78 is 12.8. The molecule has 0 amide bonds. The lowest BCUT2D eigenvalue weighted by Crippen LogP contribution is -2.16. The third-order valence-electron chi connectivity index (χ3n) is 2.23. The molecule has 15 heavy (non-hydrogen) atoms. The number of hydrogen-bond acceptors (Lipinski definition) is 3. The standard InChI is InChI=1S/C11H11FN2S/c1-13-11(10-6-14-7-15-10)8-2-4-9(12)5-3-8/h2-7,11,13H,1H3. The second kappa shape index (κ2) is 4.51. The van der Waals surface area contributed by atoms with Gasteiger partial charge in [0.05, 0.1) is 11.6 Å². The summed E-state index contributed by atoms with van der Waals surface area (Å²) in [6, 6.07) is 6.62. The molecule has 0 fully saturated rings. The van der Waals surface area contributed by atoms with E-state index in [0.717, 1.165) is 10.4 Å².